The Balaban J connectivity index is 1.19. The second-order valence-electron chi connectivity index (χ2n) is 8.84. The van der Waals surface area contributed by atoms with Gasteiger partial charge in [-0.1, -0.05) is 41.6 Å². The van der Waals surface area contributed by atoms with E-state index in [0.29, 0.717) is 22.9 Å². The van der Waals surface area contributed by atoms with Crippen molar-refractivity contribution in [1.29, 1.82) is 0 Å². The quantitative estimate of drug-likeness (QED) is 0.256. The predicted octanol–water partition coefficient (Wildman–Crippen LogP) is 6.45. The summed E-state index contributed by atoms with van der Waals surface area (Å²) in [6.45, 7) is 4.81. The Hall–Kier alpha value is -3.17. The van der Waals surface area contributed by atoms with Gasteiger partial charge in [0.05, 0.1) is 17.6 Å². The molecule has 0 unspecified atom stereocenters. The van der Waals surface area contributed by atoms with Crippen molar-refractivity contribution in [2.24, 2.45) is 0 Å². The van der Waals surface area contributed by atoms with Crippen LogP contribution in [0.1, 0.15) is 38.2 Å². The number of benzene rings is 2. The molecular formula is C27H29N5O2S2. The van der Waals surface area contributed by atoms with E-state index in [1.165, 1.54) is 41.5 Å². The smallest absolute Gasteiger partial charge is 0.236 e. The summed E-state index contributed by atoms with van der Waals surface area (Å²) in [4.78, 5) is 17.2. The number of hydrogen-bond acceptors (Lipinski definition) is 7. The molecule has 0 bridgehead atoms. The van der Waals surface area contributed by atoms with Crippen molar-refractivity contribution in [1.82, 2.24) is 19.7 Å². The Kier molecular flexibility index (Phi) is 7.67. The number of anilines is 1. The van der Waals surface area contributed by atoms with Gasteiger partial charge in [-0.3, -0.25) is 4.79 Å². The number of nitrogens with zero attached hydrogens (tertiary/aromatic N) is 4. The molecule has 0 aliphatic heterocycles. The van der Waals surface area contributed by atoms with Crippen LogP contribution in [-0.2, 0) is 11.3 Å². The minimum Gasteiger partial charge on any atom is -0.490 e. The Morgan fingerprint density at radius 2 is 1.81 bits per heavy atom. The molecule has 0 saturated heterocycles. The number of rotatable bonds is 9. The first-order valence-corrected chi connectivity index (χ1v) is 14.1. The van der Waals surface area contributed by atoms with Crippen molar-refractivity contribution in [2.45, 2.75) is 57.3 Å². The number of thiazole rings is 1. The number of carbonyl (C=O) groups is 1. The van der Waals surface area contributed by atoms with Gasteiger partial charge in [-0.25, -0.2) is 4.98 Å². The molecule has 2 aromatic heterocycles. The molecule has 2 aromatic carbocycles. The molecule has 1 N–H and O–H groups in total. The van der Waals surface area contributed by atoms with Gasteiger partial charge in [0, 0.05) is 23.1 Å². The number of nitrogens with one attached hydrogen (secondary N) is 1. The van der Waals surface area contributed by atoms with Crippen LogP contribution in [0.15, 0.2) is 59.1 Å². The van der Waals surface area contributed by atoms with E-state index in [9.17, 15) is 4.79 Å². The molecule has 1 amide bonds. The number of ether oxygens (including phenoxy) is 1. The van der Waals surface area contributed by atoms with Crippen molar-refractivity contribution in [2.75, 3.05) is 11.1 Å². The molecule has 0 radical (unpaired) electrons. The van der Waals surface area contributed by atoms with E-state index in [1.807, 2.05) is 46.3 Å². The van der Waals surface area contributed by atoms with Gasteiger partial charge in [0.1, 0.15) is 5.75 Å². The van der Waals surface area contributed by atoms with E-state index < -0.39 is 0 Å². The maximum Gasteiger partial charge on any atom is 0.236 e. The van der Waals surface area contributed by atoms with Crippen LogP contribution in [0.5, 0.6) is 5.75 Å². The average molecular weight is 520 g/mol. The molecule has 1 fully saturated rings. The number of aryl methyl sites for hydroxylation is 1. The van der Waals surface area contributed by atoms with Crippen LogP contribution in [-0.4, -0.2) is 37.5 Å². The first-order chi connectivity index (χ1) is 17.6. The normalized spacial score (nSPS) is 13.7. The van der Waals surface area contributed by atoms with Gasteiger partial charge in [0.25, 0.3) is 0 Å². The fourth-order valence-electron chi connectivity index (χ4n) is 4.25. The van der Waals surface area contributed by atoms with E-state index >= 15 is 0 Å². The van der Waals surface area contributed by atoms with Gasteiger partial charge < -0.3 is 14.6 Å². The number of carbonyl (C=O) groups excluding carboxylic acids is 1. The van der Waals surface area contributed by atoms with Crippen LogP contribution in [0.25, 0.3) is 22.6 Å². The standard InChI is InChI=1S/C27H29N5O2S2/c1-3-32-25(20-12-14-22(15-13-20)34-21-6-4-5-7-21)30-31-27(32)36-17-24(33)29-26-28-23(16-35-26)19-10-8-18(2)9-11-19/h8-16,21H,3-7,17H2,1-2H3,(H,28,29,33). The Labute approximate surface area is 219 Å². The lowest BCUT2D eigenvalue weighted by Crippen LogP contribution is -2.14. The zero-order valence-electron chi connectivity index (χ0n) is 20.4. The highest BCUT2D eigenvalue weighted by Crippen LogP contribution is 2.29. The summed E-state index contributed by atoms with van der Waals surface area (Å²) in [5.74, 6) is 1.79. The molecule has 0 atom stereocenters. The summed E-state index contributed by atoms with van der Waals surface area (Å²) in [5.41, 5.74) is 4.07. The van der Waals surface area contributed by atoms with Crippen molar-refractivity contribution in [3.05, 3.63) is 59.5 Å². The number of amides is 1. The first-order valence-electron chi connectivity index (χ1n) is 12.2. The zero-order valence-corrected chi connectivity index (χ0v) is 22.1. The molecule has 1 aliphatic rings. The fraction of sp³-hybridized carbons (Fsp3) is 0.333. The van der Waals surface area contributed by atoms with Crippen molar-refractivity contribution in [3.8, 4) is 28.4 Å². The van der Waals surface area contributed by atoms with Crippen molar-refractivity contribution >= 4 is 34.1 Å². The SMILES string of the molecule is CCn1c(SCC(=O)Nc2nc(-c3ccc(C)cc3)cs2)nnc1-c1ccc(OC2CCCC2)cc1. The third-order valence-electron chi connectivity index (χ3n) is 6.18. The van der Waals surface area contributed by atoms with E-state index in [-0.39, 0.29) is 11.7 Å². The van der Waals surface area contributed by atoms with Gasteiger partial charge in [0.15, 0.2) is 16.1 Å². The molecule has 5 rings (SSSR count). The van der Waals surface area contributed by atoms with Gasteiger partial charge >= 0.3 is 0 Å². The second kappa shape index (κ2) is 11.3. The molecule has 1 saturated carbocycles. The topological polar surface area (TPSA) is 81.9 Å². The highest BCUT2D eigenvalue weighted by Gasteiger charge is 2.18. The summed E-state index contributed by atoms with van der Waals surface area (Å²) < 4.78 is 8.11. The van der Waals surface area contributed by atoms with Gasteiger partial charge in [-0.05, 0) is 63.8 Å². The summed E-state index contributed by atoms with van der Waals surface area (Å²) in [7, 11) is 0. The highest BCUT2D eigenvalue weighted by molar-refractivity contribution is 7.99. The maximum atomic E-state index is 12.6. The maximum absolute atomic E-state index is 12.6. The lowest BCUT2D eigenvalue weighted by molar-refractivity contribution is -0.113. The first kappa shape index (κ1) is 24.5. The summed E-state index contributed by atoms with van der Waals surface area (Å²) in [5, 5.41) is 14.9. The highest BCUT2D eigenvalue weighted by atomic mass is 32.2. The zero-order chi connectivity index (χ0) is 24.9. The lowest BCUT2D eigenvalue weighted by atomic mass is 10.1. The van der Waals surface area contributed by atoms with Crippen LogP contribution in [0.3, 0.4) is 0 Å². The predicted molar refractivity (Wildman–Crippen MR) is 146 cm³/mol. The summed E-state index contributed by atoms with van der Waals surface area (Å²) >= 11 is 2.80. The van der Waals surface area contributed by atoms with Crippen molar-refractivity contribution < 1.29 is 9.53 Å². The molecule has 36 heavy (non-hydrogen) atoms. The Bertz CT molecular complexity index is 1310. The summed E-state index contributed by atoms with van der Waals surface area (Å²) in [6.07, 6.45) is 5.11. The largest absolute Gasteiger partial charge is 0.490 e. The third kappa shape index (κ3) is 5.79. The minimum atomic E-state index is -0.120. The minimum absolute atomic E-state index is 0.120. The summed E-state index contributed by atoms with van der Waals surface area (Å²) in [6, 6.07) is 16.2. The molecule has 9 heteroatoms. The van der Waals surface area contributed by atoms with Gasteiger partial charge in [-0.15, -0.1) is 21.5 Å². The Morgan fingerprint density at radius 1 is 1.08 bits per heavy atom. The van der Waals surface area contributed by atoms with Crippen LogP contribution in [0.2, 0.25) is 0 Å². The molecule has 4 aromatic rings. The van der Waals surface area contributed by atoms with Gasteiger partial charge in [0.2, 0.25) is 5.91 Å². The van der Waals surface area contributed by atoms with E-state index in [2.05, 4.69) is 46.5 Å². The molecule has 7 nitrogen and oxygen atoms in total. The van der Waals surface area contributed by atoms with Crippen LogP contribution in [0.4, 0.5) is 5.13 Å². The lowest BCUT2D eigenvalue weighted by Gasteiger charge is -2.13. The van der Waals surface area contributed by atoms with E-state index in [0.717, 1.165) is 41.2 Å². The number of thioether (sulfide) groups is 1. The number of aromatic nitrogens is 4. The van der Waals surface area contributed by atoms with Crippen LogP contribution in [0, 0.1) is 6.92 Å². The second-order valence-corrected chi connectivity index (χ2v) is 10.6. The monoisotopic (exact) mass is 519 g/mol. The average Bonchev–Trinajstić information content (AvgIpc) is 3.65. The van der Waals surface area contributed by atoms with Crippen molar-refractivity contribution in [3.63, 3.8) is 0 Å². The van der Waals surface area contributed by atoms with Gasteiger partial charge in [-0.2, -0.15) is 0 Å². The number of hydrogen-bond donors (Lipinski definition) is 1. The van der Waals surface area contributed by atoms with Crippen LogP contribution < -0.4 is 10.1 Å². The third-order valence-corrected chi connectivity index (χ3v) is 7.91. The van der Waals surface area contributed by atoms with Crippen LogP contribution >= 0.6 is 23.1 Å². The Morgan fingerprint density at radius 3 is 2.53 bits per heavy atom. The van der Waals surface area contributed by atoms with E-state index in [4.69, 9.17) is 4.74 Å². The molecular weight excluding hydrogens is 490 g/mol. The molecule has 186 valence electrons. The molecule has 2 heterocycles. The molecule has 0 spiro atoms. The fourth-order valence-corrected chi connectivity index (χ4v) is 5.79. The van der Waals surface area contributed by atoms with E-state index in [1.54, 1.807) is 0 Å². The molecule has 1 aliphatic carbocycles.